The van der Waals surface area contributed by atoms with Gasteiger partial charge >= 0.3 is 6.29 Å². The van der Waals surface area contributed by atoms with E-state index in [1.54, 1.807) is 13.0 Å². The van der Waals surface area contributed by atoms with Crippen molar-refractivity contribution < 1.29 is 23.0 Å². The number of rotatable bonds is 4. The molecule has 9 nitrogen and oxygen atoms in total. The van der Waals surface area contributed by atoms with Gasteiger partial charge in [0.25, 0.3) is 11.5 Å². The monoisotopic (exact) mass is 401 g/mol. The van der Waals surface area contributed by atoms with Crippen molar-refractivity contribution in [3.05, 3.63) is 64.3 Å². The molecule has 1 aliphatic rings. The lowest BCUT2D eigenvalue weighted by Gasteiger charge is -2.14. The van der Waals surface area contributed by atoms with E-state index in [2.05, 4.69) is 34.7 Å². The molecule has 2 N–H and O–H groups in total. The number of nitrogens with zero attached hydrogens (tertiary/aromatic N) is 3. The van der Waals surface area contributed by atoms with Crippen LogP contribution in [0.15, 0.2) is 47.5 Å². The molecule has 1 atom stereocenters. The second-order valence-corrected chi connectivity index (χ2v) is 6.12. The minimum absolute atomic E-state index is 0.0428. The number of H-pyrrole nitrogens is 1. The van der Waals surface area contributed by atoms with Gasteiger partial charge in [-0.2, -0.15) is 0 Å². The second-order valence-electron chi connectivity index (χ2n) is 6.12. The van der Waals surface area contributed by atoms with Crippen molar-refractivity contribution in [3.63, 3.8) is 0 Å². The van der Waals surface area contributed by atoms with Crippen molar-refractivity contribution in [2.75, 3.05) is 0 Å². The van der Waals surface area contributed by atoms with E-state index in [1.165, 1.54) is 30.6 Å². The Morgan fingerprint density at radius 2 is 1.90 bits per heavy atom. The second kappa shape index (κ2) is 6.93. The van der Waals surface area contributed by atoms with Gasteiger partial charge in [-0.3, -0.25) is 9.59 Å². The lowest BCUT2D eigenvalue weighted by atomic mass is 10.1. The summed E-state index contributed by atoms with van der Waals surface area (Å²) in [5.41, 5.74) is -0.198. The highest BCUT2D eigenvalue weighted by Crippen LogP contribution is 2.41. The molecule has 29 heavy (non-hydrogen) atoms. The summed E-state index contributed by atoms with van der Waals surface area (Å²) in [4.78, 5) is 39.0. The highest BCUT2D eigenvalue weighted by atomic mass is 19.3. The van der Waals surface area contributed by atoms with Gasteiger partial charge in [0.15, 0.2) is 23.1 Å². The zero-order chi connectivity index (χ0) is 20.6. The van der Waals surface area contributed by atoms with E-state index in [0.29, 0.717) is 5.56 Å². The van der Waals surface area contributed by atoms with Crippen molar-refractivity contribution in [2.24, 2.45) is 0 Å². The predicted octanol–water partition coefficient (Wildman–Crippen LogP) is 2.04. The molecule has 1 aliphatic heterocycles. The smallest absolute Gasteiger partial charge is 0.395 e. The number of hydrogen-bond donors (Lipinski definition) is 2. The highest BCUT2D eigenvalue weighted by Gasteiger charge is 2.43. The number of benzene rings is 1. The van der Waals surface area contributed by atoms with Crippen LogP contribution in [-0.4, -0.2) is 32.1 Å². The van der Waals surface area contributed by atoms with E-state index in [-0.39, 0.29) is 28.8 Å². The fourth-order valence-corrected chi connectivity index (χ4v) is 2.69. The first-order valence-electron chi connectivity index (χ1n) is 8.40. The van der Waals surface area contributed by atoms with Gasteiger partial charge in [0.05, 0.1) is 6.04 Å². The third-order valence-corrected chi connectivity index (χ3v) is 4.02. The quantitative estimate of drug-likeness (QED) is 0.687. The van der Waals surface area contributed by atoms with Gasteiger partial charge in [-0.15, -0.1) is 8.78 Å². The molecule has 0 unspecified atom stereocenters. The molecule has 0 bridgehead atoms. The van der Waals surface area contributed by atoms with Crippen LogP contribution in [0.2, 0.25) is 0 Å². The van der Waals surface area contributed by atoms with Crippen LogP contribution in [0, 0.1) is 0 Å². The molecule has 0 radical (unpaired) electrons. The molecule has 0 aliphatic carbocycles. The lowest BCUT2D eigenvalue weighted by molar-refractivity contribution is -0.286. The van der Waals surface area contributed by atoms with Gasteiger partial charge < -0.3 is 19.8 Å². The number of halogens is 2. The Morgan fingerprint density at radius 1 is 1.17 bits per heavy atom. The van der Waals surface area contributed by atoms with Crippen LogP contribution in [0.4, 0.5) is 8.78 Å². The van der Waals surface area contributed by atoms with Crippen LogP contribution in [-0.2, 0) is 0 Å². The number of aromatic nitrogens is 4. The number of hydrogen-bond acceptors (Lipinski definition) is 7. The Bertz CT molecular complexity index is 1140. The predicted molar refractivity (Wildman–Crippen MR) is 94.4 cm³/mol. The number of carbonyl (C=O) groups excluding carboxylic acids is 1. The fourth-order valence-electron chi connectivity index (χ4n) is 2.69. The average Bonchev–Trinajstić information content (AvgIpc) is 3.01. The first kappa shape index (κ1) is 18.5. The van der Waals surface area contributed by atoms with Gasteiger partial charge in [-0.05, 0) is 30.7 Å². The summed E-state index contributed by atoms with van der Waals surface area (Å²) in [7, 11) is 0. The van der Waals surface area contributed by atoms with Crippen LogP contribution >= 0.6 is 0 Å². The number of amides is 1. The van der Waals surface area contributed by atoms with Gasteiger partial charge in [0.2, 0.25) is 0 Å². The maximum Gasteiger partial charge on any atom is 0.586 e. The number of nitrogens with one attached hydrogen (secondary N) is 2. The summed E-state index contributed by atoms with van der Waals surface area (Å²) in [6.45, 7) is 1.64. The molecule has 2 aromatic heterocycles. The molecule has 0 saturated heterocycles. The summed E-state index contributed by atoms with van der Waals surface area (Å²) in [6, 6.07) is 6.22. The molecule has 1 aromatic carbocycles. The molecule has 11 heteroatoms. The Balaban J connectivity index is 1.54. The van der Waals surface area contributed by atoms with Gasteiger partial charge in [-0.25, -0.2) is 15.0 Å². The summed E-state index contributed by atoms with van der Waals surface area (Å²) in [5.74, 6) is -0.665. The average molecular weight is 401 g/mol. The van der Waals surface area contributed by atoms with E-state index in [9.17, 15) is 18.4 Å². The first-order chi connectivity index (χ1) is 13.8. The Hall–Kier alpha value is -3.89. The van der Waals surface area contributed by atoms with Crippen LogP contribution in [0.1, 0.15) is 29.0 Å². The van der Waals surface area contributed by atoms with Crippen LogP contribution in [0.5, 0.6) is 11.5 Å². The topological polar surface area (TPSA) is 119 Å². The van der Waals surface area contributed by atoms with Crippen molar-refractivity contribution >= 4 is 5.91 Å². The minimum Gasteiger partial charge on any atom is -0.395 e. The third-order valence-electron chi connectivity index (χ3n) is 4.02. The van der Waals surface area contributed by atoms with Gasteiger partial charge in [0.1, 0.15) is 5.69 Å². The van der Waals surface area contributed by atoms with Crippen molar-refractivity contribution in [3.8, 4) is 23.1 Å². The van der Waals surface area contributed by atoms with Crippen molar-refractivity contribution in [1.29, 1.82) is 0 Å². The highest BCUT2D eigenvalue weighted by molar-refractivity contribution is 5.92. The third kappa shape index (κ3) is 3.88. The van der Waals surface area contributed by atoms with Crippen molar-refractivity contribution in [2.45, 2.75) is 19.3 Å². The number of aromatic amines is 1. The number of ether oxygens (including phenoxy) is 2. The summed E-state index contributed by atoms with van der Waals surface area (Å²) in [5, 5.41) is 2.65. The molecule has 0 saturated carbocycles. The molecule has 4 rings (SSSR count). The van der Waals surface area contributed by atoms with Crippen molar-refractivity contribution in [1.82, 2.24) is 25.3 Å². The number of alkyl halides is 2. The Morgan fingerprint density at radius 3 is 2.66 bits per heavy atom. The van der Waals surface area contributed by atoms with E-state index in [4.69, 9.17) is 0 Å². The van der Waals surface area contributed by atoms with Crippen LogP contribution < -0.4 is 20.3 Å². The minimum atomic E-state index is -3.72. The molecule has 1 amide bonds. The Labute approximate surface area is 161 Å². The van der Waals surface area contributed by atoms with E-state index < -0.39 is 23.8 Å². The van der Waals surface area contributed by atoms with Crippen LogP contribution in [0.25, 0.3) is 11.6 Å². The first-order valence-corrected chi connectivity index (χ1v) is 8.40. The van der Waals surface area contributed by atoms with E-state index >= 15 is 0 Å². The normalized spacial score (nSPS) is 15.0. The molecule has 3 aromatic rings. The maximum absolute atomic E-state index is 13.2. The Kier molecular flexibility index (Phi) is 4.41. The summed E-state index contributed by atoms with van der Waals surface area (Å²) in [6.07, 6.45) is -0.779. The van der Waals surface area contributed by atoms with Gasteiger partial charge in [0, 0.05) is 18.5 Å². The molecule has 3 heterocycles. The molecule has 0 fully saturated rings. The zero-order valence-electron chi connectivity index (χ0n) is 14.8. The number of carbonyl (C=O) groups is 1. The van der Waals surface area contributed by atoms with E-state index in [0.717, 1.165) is 6.07 Å². The fraction of sp³-hybridized carbons (Fsp3) is 0.167. The summed E-state index contributed by atoms with van der Waals surface area (Å²) >= 11 is 0. The standard InChI is InChI=1S/C18H13F2N5O4/c1-9(10-3-4-12-13(7-10)29-18(19,20)28-12)23-17(27)11-8-14(26)25-16(24-11)15-21-5-2-6-22-15/h2-9H,1H3,(H,23,27)(H,24,25,26)/t9-/m1/s1. The maximum atomic E-state index is 13.2. The zero-order valence-corrected chi connectivity index (χ0v) is 14.8. The molecular formula is C18H13F2N5O4. The lowest BCUT2D eigenvalue weighted by Crippen LogP contribution is -2.29. The molecule has 0 spiro atoms. The van der Waals surface area contributed by atoms with Gasteiger partial charge in [-0.1, -0.05) is 6.07 Å². The molecule has 148 valence electrons. The molecular weight excluding hydrogens is 388 g/mol. The van der Waals surface area contributed by atoms with E-state index in [1.807, 2.05) is 0 Å². The largest absolute Gasteiger partial charge is 0.586 e. The van der Waals surface area contributed by atoms with Crippen LogP contribution in [0.3, 0.4) is 0 Å². The number of fused-ring (bicyclic) bond motifs is 1. The SMILES string of the molecule is C[C@@H](NC(=O)c1cc(=O)[nH]c(-c2ncccn2)n1)c1ccc2c(c1)OC(F)(F)O2. The summed E-state index contributed by atoms with van der Waals surface area (Å²) < 4.78 is 35.1.